The van der Waals surface area contributed by atoms with Gasteiger partial charge in [0, 0.05) is 25.9 Å². The van der Waals surface area contributed by atoms with Crippen LogP contribution in [-0.4, -0.2) is 31.8 Å². The third-order valence-corrected chi connectivity index (χ3v) is 2.49. The molecule has 0 aromatic carbocycles. The Labute approximate surface area is 86.1 Å². The zero-order valence-corrected chi connectivity index (χ0v) is 9.48. The summed E-state index contributed by atoms with van der Waals surface area (Å²) in [6.07, 6.45) is 2.02. The van der Waals surface area contributed by atoms with E-state index in [0.29, 0.717) is 6.04 Å². The molecular formula is C10H21N3O. The van der Waals surface area contributed by atoms with Crippen molar-refractivity contribution in [1.82, 2.24) is 16.2 Å². The SMILES string of the molecule is COC[C@@H](C)NCC1=CNNC1(C)C. The number of hydrogen-bond donors (Lipinski definition) is 3. The summed E-state index contributed by atoms with van der Waals surface area (Å²) in [7, 11) is 1.72. The van der Waals surface area contributed by atoms with Gasteiger partial charge in [0.25, 0.3) is 0 Å². The number of nitrogens with one attached hydrogen (secondary N) is 3. The molecule has 1 rings (SSSR count). The molecule has 4 nitrogen and oxygen atoms in total. The first-order chi connectivity index (χ1) is 6.56. The van der Waals surface area contributed by atoms with Crippen molar-refractivity contribution in [2.24, 2.45) is 0 Å². The fourth-order valence-electron chi connectivity index (χ4n) is 1.43. The van der Waals surface area contributed by atoms with Crippen molar-refractivity contribution >= 4 is 0 Å². The highest BCUT2D eigenvalue weighted by atomic mass is 16.5. The fraction of sp³-hybridized carbons (Fsp3) is 0.800. The van der Waals surface area contributed by atoms with Crippen LogP contribution in [0.4, 0.5) is 0 Å². The van der Waals surface area contributed by atoms with Crippen LogP contribution in [0.1, 0.15) is 20.8 Å². The normalized spacial score (nSPS) is 21.6. The van der Waals surface area contributed by atoms with Crippen LogP contribution in [0.15, 0.2) is 11.8 Å². The van der Waals surface area contributed by atoms with Crippen molar-refractivity contribution in [3.05, 3.63) is 11.8 Å². The van der Waals surface area contributed by atoms with Gasteiger partial charge in [-0.3, -0.25) is 0 Å². The van der Waals surface area contributed by atoms with Gasteiger partial charge >= 0.3 is 0 Å². The van der Waals surface area contributed by atoms with Crippen LogP contribution in [0.25, 0.3) is 0 Å². The molecule has 0 bridgehead atoms. The maximum Gasteiger partial charge on any atom is 0.0613 e. The maximum atomic E-state index is 5.06. The minimum absolute atomic E-state index is 0.0415. The first-order valence-electron chi connectivity index (χ1n) is 5.01. The molecular weight excluding hydrogens is 178 g/mol. The molecule has 1 heterocycles. The summed E-state index contributed by atoms with van der Waals surface area (Å²) in [5.74, 6) is 0. The molecule has 0 aromatic heterocycles. The van der Waals surface area contributed by atoms with Gasteiger partial charge in [-0.2, -0.15) is 0 Å². The Bertz CT molecular complexity index is 213. The first kappa shape index (κ1) is 11.5. The Morgan fingerprint density at radius 1 is 1.57 bits per heavy atom. The minimum atomic E-state index is 0.0415. The van der Waals surface area contributed by atoms with E-state index in [4.69, 9.17) is 4.74 Å². The van der Waals surface area contributed by atoms with E-state index in [2.05, 4.69) is 36.9 Å². The van der Waals surface area contributed by atoms with Crippen LogP contribution < -0.4 is 16.2 Å². The van der Waals surface area contributed by atoms with E-state index < -0.39 is 0 Å². The Kier molecular flexibility index (Phi) is 3.92. The highest BCUT2D eigenvalue weighted by Gasteiger charge is 2.26. The van der Waals surface area contributed by atoms with Gasteiger partial charge in [-0.05, 0) is 26.3 Å². The van der Waals surface area contributed by atoms with E-state index in [1.807, 2.05) is 6.20 Å². The Balaban J connectivity index is 2.31. The molecule has 0 saturated carbocycles. The molecule has 1 aliphatic rings. The van der Waals surface area contributed by atoms with E-state index >= 15 is 0 Å². The largest absolute Gasteiger partial charge is 0.383 e. The molecule has 0 aliphatic carbocycles. The van der Waals surface area contributed by atoms with Gasteiger partial charge in [-0.15, -0.1) is 0 Å². The molecule has 0 fully saturated rings. The van der Waals surface area contributed by atoms with Crippen LogP contribution in [0, 0.1) is 0 Å². The van der Waals surface area contributed by atoms with Crippen molar-refractivity contribution in [2.45, 2.75) is 32.4 Å². The predicted octanol–water partition coefficient (Wildman–Crippen LogP) is 0.381. The summed E-state index contributed by atoms with van der Waals surface area (Å²) in [6, 6.07) is 0.386. The van der Waals surface area contributed by atoms with Crippen LogP contribution in [0.3, 0.4) is 0 Å². The summed E-state index contributed by atoms with van der Waals surface area (Å²) >= 11 is 0. The Morgan fingerprint density at radius 3 is 2.79 bits per heavy atom. The average molecular weight is 199 g/mol. The van der Waals surface area contributed by atoms with Gasteiger partial charge in [-0.1, -0.05) is 0 Å². The number of rotatable bonds is 5. The first-order valence-corrected chi connectivity index (χ1v) is 5.01. The zero-order chi connectivity index (χ0) is 10.6. The van der Waals surface area contributed by atoms with Crippen molar-refractivity contribution in [1.29, 1.82) is 0 Å². The second-order valence-corrected chi connectivity index (χ2v) is 4.30. The van der Waals surface area contributed by atoms with Crippen LogP contribution >= 0.6 is 0 Å². The summed E-state index contributed by atoms with van der Waals surface area (Å²) in [5.41, 5.74) is 7.60. The number of hydrogen-bond acceptors (Lipinski definition) is 4. The summed E-state index contributed by atoms with van der Waals surface area (Å²) in [4.78, 5) is 0. The quantitative estimate of drug-likeness (QED) is 0.599. The smallest absolute Gasteiger partial charge is 0.0613 e. The molecule has 0 unspecified atom stereocenters. The molecule has 0 aromatic rings. The number of methoxy groups -OCH3 is 1. The van der Waals surface area contributed by atoms with Gasteiger partial charge in [0.05, 0.1) is 12.1 Å². The number of ether oxygens (including phenoxy) is 1. The lowest BCUT2D eigenvalue weighted by atomic mass is 9.97. The Morgan fingerprint density at radius 2 is 2.29 bits per heavy atom. The number of hydrazine groups is 1. The van der Waals surface area contributed by atoms with Gasteiger partial charge < -0.3 is 15.5 Å². The highest BCUT2D eigenvalue weighted by molar-refractivity contribution is 5.22. The molecule has 14 heavy (non-hydrogen) atoms. The van der Waals surface area contributed by atoms with Gasteiger partial charge in [-0.25, -0.2) is 5.43 Å². The second kappa shape index (κ2) is 4.77. The average Bonchev–Trinajstić information content (AvgIpc) is 2.42. The summed E-state index contributed by atoms with van der Waals surface area (Å²) in [5, 5.41) is 3.41. The molecule has 3 N–H and O–H groups in total. The lowest BCUT2D eigenvalue weighted by Gasteiger charge is -2.23. The van der Waals surface area contributed by atoms with Crippen molar-refractivity contribution in [3.8, 4) is 0 Å². The van der Waals surface area contributed by atoms with E-state index in [-0.39, 0.29) is 5.54 Å². The van der Waals surface area contributed by atoms with Gasteiger partial charge in [0.15, 0.2) is 0 Å². The van der Waals surface area contributed by atoms with Gasteiger partial charge in [0.1, 0.15) is 0 Å². The molecule has 0 spiro atoms. The third kappa shape index (κ3) is 2.97. The van der Waals surface area contributed by atoms with Crippen LogP contribution in [0.5, 0.6) is 0 Å². The lowest BCUT2D eigenvalue weighted by Crippen LogP contribution is -2.44. The van der Waals surface area contributed by atoms with Crippen molar-refractivity contribution in [2.75, 3.05) is 20.3 Å². The van der Waals surface area contributed by atoms with Crippen LogP contribution in [-0.2, 0) is 4.74 Å². The molecule has 82 valence electrons. The molecule has 1 atom stereocenters. The van der Waals surface area contributed by atoms with E-state index in [0.717, 1.165) is 13.2 Å². The van der Waals surface area contributed by atoms with Crippen molar-refractivity contribution < 1.29 is 4.74 Å². The van der Waals surface area contributed by atoms with E-state index in [1.54, 1.807) is 7.11 Å². The molecule has 4 heteroatoms. The summed E-state index contributed by atoms with van der Waals surface area (Å²) in [6.45, 7) is 8.06. The highest BCUT2D eigenvalue weighted by Crippen LogP contribution is 2.17. The monoisotopic (exact) mass is 199 g/mol. The topological polar surface area (TPSA) is 45.3 Å². The Hall–Kier alpha value is -0.580. The molecule has 0 saturated heterocycles. The van der Waals surface area contributed by atoms with E-state index in [1.165, 1.54) is 5.57 Å². The van der Waals surface area contributed by atoms with Gasteiger partial charge in [0.2, 0.25) is 0 Å². The van der Waals surface area contributed by atoms with Crippen LogP contribution in [0.2, 0.25) is 0 Å². The van der Waals surface area contributed by atoms with Crippen molar-refractivity contribution in [3.63, 3.8) is 0 Å². The second-order valence-electron chi connectivity index (χ2n) is 4.30. The standard InChI is InChI=1S/C10H21N3O/c1-8(7-14-4)11-5-9-6-12-13-10(9,2)3/h6,8,11-13H,5,7H2,1-4H3/t8-/m1/s1. The third-order valence-electron chi connectivity index (χ3n) is 2.49. The predicted molar refractivity (Wildman–Crippen MR) is 57.8 cm³/mol. The van der Waals surface area contributed by atoms with E-state index in [9.17, 15) is 0 Å². The molecule has 1 aliphatic heterocycles. The maximum absolute atomic E-state index is 5.06. The molecule has 0 amide bonds. The zero-order valence-electron chi connectivity index (χ0n) is 9.48. The fourth-order valence-corrected chi connectivity index (χ4v) is 1.43. The lowest BCUT2D eigenvalue weighted by molar-refractivity contribution is 0.173. The minimum Gasteiger partial charge on any atom is -0.383 e. The summed E-state index contributed by atoms with van der Waals surface area (Å²) < 4.78 is 5.06. The molecule has 0 radical (unpaired) electrons.